The van der Waals surface area contributed by atoms with Crippen molar-refractivity contribution in [1.82, 2.24) is 4.90 Å². The average molecular weight is 345 g/mol. The van der Waals surface area contributed by atoms with Gasteiger partial charge in [-0.15, -0.1) is 0 Å². The van der Waals surface area contributed by atoms with Crippen LogP contribution in [0.1, 0.15) is 23.2 Å². The number of rotatable bonds is 2. The number of hydrogen-bond donors (Lipinski definition) is 1. The van der Waals surface area contributed by atoms with E-state index >= 15 is 0 Å². The van der Waals surface area contributed by atoms with Crippen LogP contribution < -0.4 is 0 Å². The van der Waals surface area contributed by atoms with Gasteiger partial charge in [0, 0.05) is 15.7 Å². The van der Waals surface area contributed by atoms with Crippen LogP contribution in [-0.4, -0.2) is 34.5 Å². The Kier molecular flexibility index (Phi) is 3.66. The van der Waals surface area contributed by atoms with Crippen LogP contribution in [0.15, 0.2) is 24.3 Å². The lowest BCUT2D eigenvalue weighted by Gasteiger charge is -2.21. The fourth-order valence-corrected chi connectivity index (χ4v) is 2.38. The van der Waals surface area contributed by atoms with Crippen LogP contribution >= 0.6 is 22.6 Å². The molecule has 17 heavy (non-hydrogen) atoms. The van der Waals surface area contributed by atoms with Crippen LogP contribution in [0.5, 0.6) is 0 Å². The number of nitrogens with zero attached hydrogens (tertiary/aromatic N) is 1. The maximum atomic E-state index is 12.1. The third kappa shape index (κ3) is 2.59. The van der Waals surface area contributed by atoms with Crippen molar-refractivity contribution in [1.29, 1.82) is 0 Å². The molecule has 1 heterocycles. The topological polar surface area (TPSA) is 57.6 Å². The van der Waals surface area contributed by atoms with E-state index in [1.54, 1.807) is 12.1 Å². The van der Waals surface area contributed by atoms with Gasteiger partial charge in [-0.05, 0) is 59.7 Å². The van der Waals surface area contributed by atoms with Crippen molar-refractivity contribution >= 4 is 34.5 Å². The fraction of sp³-hybridized carbons (Fsp3) is 0.333. The summed E-state index contributed by atoms with van der Waals surface area (Å²) < 4.78 is 1.05. The zero-order valence-corrected chi connectivity index (χ0v) is 11.3. The Morgan fingerprint density at radius 1 is 1.29 bits per heavy atom. The number of aliphatic carboxylic acids is 1. The van der Waals surface area contributed by atoms with Gasteiger partial charge in [0.2, 0.25) is 0 Å². The lowest BCUT2D eigenvalue weighted by molar-refractivity contribution is -0.141. The molecular formula is C12H12INO3. The summed E-state index contributed by atoms with van der Waals surface area (Å²) in [5.41, 5.74) is 0.554. The molecule has 1 fully saturated rings. The highest BCUT2D eigenvalue weighted by atomic mass is 127. The summed E-state index contributed by atoms with van der Waals surface area (Å²) >= 11 is 2.16. The molecule has 0 saturated carbocycles. The predicted octanol–water partition coefficient (Wildman–Crippen LogP) is 1.98. The van der Waals surface area contributed by atoms with Gasteiger partial charge in [0.05, 0.1) is 0 Å². The van der Waals surface area contributed by atoms with Crippen molar-refractivity contribution in [2.24, 2.45) is 0 Å². The van der Waals surface area contributed by atoms with Crippen molar-refractivity contribution in [3.05, 3.63) is 33.4 Å². The van der Waals surface area contributed by atoms with Crippen molar-refractivity contribution in [2.75, 3.05) is 6.54 Å². The summed E-state index contributed by atoms with van der Waals surface area (Å²) in [6.45, 7) is 0.530. The molecule has 90 valence electrons. The minimum atomic E-state index is -0.915. The fourth-order valence-electron chi connectivity index (χ4n) is 2.02. The first-order valence-corrected chi connectivity index (χ1v) is 6.47. The zero-order chi connectivity index (χ0) is 12.4. The van der Waals surface area contributed by atoms with E-state index in [9.17, 15) is 9.59 Å². The maximum Gasteiger partial charge on any atom is 0.326 e. The highest BCUT2D eigenvalue weighted by molar-refractivity contribution is 14.1. The van der Waals surface area contributed by atoms with Gasteiger partial charge in [0.15, 0.2) is 0 Å². The molecule has 4 nitrogen and oxygen atoms in total. The Bertz CT molecular complexity index is 444. The second kappa shape index (κ2) is 5.03. The second-order valence-electron chi connectivity index (χ2n) is 4.00. The Labute approximate surface area is 113 Å². The summed E-state index contributed by atoms with van der Waals surface area (Å²) in [6, 6.07) is 6.50. The molecule has 0 unspecified atom stereocenters. The predicted molar refractivity (Wildman–Crippen MR) is 70.9 cm³/mol. The van der Waals surface area contributed by atoms with E-state index in [1.807, 2.05) is 12.1 Å². The Balaban J connectivity index is 2.19. The van der Waals surface area contributed by atoms with Crippen LogP contribution in [0.3, 0.4) is 0 Å². The molecule has 1 N–H and O–H groups in total. The minimum Gasteiger partial charge on any atom is -0.480 e. The highest BCUT2D eigenvalue weighted by Crippen LogP contribution is 2.20. The summed E-state index contributed by atoms with van der Waals surface area (Å²) in [5, 5.41) is 9.03. The van der Waals surface area contributed by atoms with Gasteiger partial charge in [-0.1, -0.05) is 0 Å². The van der Waals surface area contributed by atoms with Gasteiger partial charge in [-0.2, -0.15) is 0 Å². The number of carbonyl (C=O) groups excluding carboxylic acids is 1. The van der Waals surface area contributed by atoms with Crippen LogP contribution in [0.2, 0.25) is 0 Å². The third-order valence-corrected chi connectivity index (χ3v) is 3.61. The molecule has 1 atom stereocenters. The molecule has 0 aromatic heterocycles. The molecule has 1 aliphatic rings. The third-order valence-electron chi connectivity index (χ3n) is 2.89. The number of benzene rings is 1. The van der Waals surface area contributed by atoms with Crippen LogP contribution in [0, 0.1) is 3.57 Å². The number of amides is 1. The van der Waals surface area contributed by atoms with E-state index in [2.05, 4.69) is 22.6 Å². The monoisotopic (exact) mass is 345 g/mol. The molecule has 5 heteroatoms. The van der Waals surface area contributed by atoms with Crippen molar-refractivity contribution in [3.63, 3.8) is 0 Å². The molecule has 0 aliphatic carbocycles. The highest BCUT2D eigenvalue weighted by Gasteiger charge is 2.34. The summed E-state index contributed by atoms with van der Waals surface area (Å²) in [6.07, 6.45) is 1.30. The molecule has 0 radical (unpaired) electrons. The molecule has 2 rings (SSSR count). The van der Waals surface area contributed by atoms with Gasteiger partial charge in [0.1, 0.15) is 6.04 Å². The number of likely N-dealkylation sites (tertiary alicyclic amines) is 1. The average Bonchev–Trinajstić information content (AvgIpc) is 2.78. The van der Waals surface area contributed by atoms with Crippen molar-refractivity contribution in [3.8, 4) is 0 Å². The number of carboxylic acid groups (broad SMARTS) is 1. The van der Waals surface area contributed by atoms with Crippen LogP contribution in [-0.2, 0) is 4.79 Å². The summed E-state index contributed by atoms with van der Waals surface area (Å²) in [5.74, 6) is -1.10. The van der Waals surface area contributed by atoms with Gasteiger partial charge < -0.3 is 10.0 Å². The van der Waals surface area contributed by atoms with E-state index < -0.39 is 12.0 Å². The summed E-state index contributed by atoms with van der Waals surface area (Å²) in [4.78, 5) is 24.6. The van der Waals surface area contributed by atoms with E-state index in [4.69, 9.17) is 5.11 Å². The van der Waals surface area contributed by atoms with Gasteiger partial charge >= 0.3 is 5.97 Å². The lowest BCUT2D eigenvalue weighted by atomic mass is 10.1. The zero-order valence-electron chi connectivity index (χ0n) is 9.10. The second-order valence-corrected chi connectivity index (χ2v) is 5.25. The van der Waals surface area contributed by atoms with E-state index in [1.165, 1.54) is 4.90 Å². The quantitative estimate of drug-likeness (QED) is 0.834. The first kappa shape index (κ1) is 12.3. The number of hydrogen-bond acceptors (Lipinski definition) is 2. The molecule has 1 aliphatic heterocycles. The smallest absolute Gasteiger partial charge is 0.326 e. The minimum absolute atomic E-state index is 0.189. The molecule has 1 amide bonds. The Morgan fingerprint density at radius 2 is 1.94 bits per heavy atom. The molecule has 1 saturated heterocycles. The molecule has 1 aromatic rings. The van der Waals surface area contributed by atoms with Crippen LogP contribution in [0.25, 0.3) is 0 Å². The Morgan fingerprint density at radius 3 is 2.53 bits per heavy atom. The molecule has 0 spiro atoms. The molecule has 1 aromatic carbocycles. The number of carbonyl (C=O) groups is 2. The van der Waals surface area contributed by atoms with Crippen LogP contribution in [0.4, 0.5) is 0 Å². The summed E-state index contributed by atoms with van der Waals surface area (Å²) in [7, 11) is 0. The van der Waals surface area contributed by atoms with E-state index in [-0.39, 0.29) is 5.91 Å². The van der Waals surface area contributed by atoms with E-state index in [0.717, 1.165) is 9.99 Å². The van der Waals surface area contributed by atoms with Gasteiger partial charge in [0.25, 0.3) is 5.91 Å². The normalized spacial score (nSPS) is 19.4. The Hall–Kier alpha value is -1.11. The largest absolute Gasteiger partial charge is 0.480 e. The first-order chi connectivity index (χ1) is 8.09. The molecule has 0 bridgehead atoms. The molecular weight excluding hydrogens is 333 g/mol. The lowest BCUT2D eigenvalue weighted by Crippen LogP contribution is -2.40. The maximum absolute atomic E-state index is 12.1. The number of carboxylic acids is 1. The van der Waals surface area contributed by atoms with Crippen molar-refractivity contribution in [2.45, 2.75) is 18.9 Å². The standard InChI is InChI=1S/C12H12INO3/c13-9-5-3-8(4-6-9)11(15)14-7-1-2-10(14)12(16)17/h3-6,10H,1-2,7H2,(H,16,17)/t10-/m0/s1. The van der Waals surface area contributed by atoms with Gasteiger partial charge in [-0.3, -0.25) is 4.79 Å². The first-order valence-electron chi connectivity index (χ1n) is 5.39. The SMILES string of the molecule is O=C(O)[C@@H]1CCCN1C(=O)c1ccc(I)cc1. The van der Waals surface area contributed by atoms with Crippen molar-refractivity contribution < 1.29 is 14.7 Å². The van der Waals surface area contributed by atoms with Gasteiger partial charge in [-0.25, -0.2) is 4.79 Å². The van der Waals surface area contributed by atoms with E-state index in [0.29, 0.717) is 18.5 Å². The number of halogens is 1.